The van der Waals surface area contributed by atoms with Gasteiger partial charge in [-0.2, -0.15) is 0 Å². The van der Waals surface area contributed by atoms with Gasteiger partial charge in [0, 0.05) is 6.20 Å². The van der Waals surface area contributed by atoms with E-state index in [0.29, 0.717) is 0 Å². The highest BCUT2D eigenvalue weighted by Crippen LogP contribution is 2.18. The van der Waals surface area contributed by atoms with Gasteiger partial charge in [0.2, 0.25) is 6.33 Å². The van der Waals surface area contributed by atoms with Crippen LogP contribution >= 0.6 is 0 Å². The maximum atomic E-state index is 10.6. The largest absolute Gasteiger partial charge is 0.478 e. The number of fused-ring (bicyclic) bond motifs is 1. The van der Waals surface area contributed by atoms with Crippen LogP contribution < -0.4 is 0 Å². The van der Waals surface area contributed by atoms with E-state index >= 15 is 0 Å². The fourth-order valence-corrected chi connectivity index (χ4v) is 1.25. The number of carboxylic acid groups (broad SMARTS) is 1. The first-order valence-electron chi connectivity index (χ1n) is 3.94. The van der Waals surface area contributed by atoms with Crippen molar-refractivity contribution in [3.8, 4) is 0 Å². The molecule has 2 rings (SSSR count). The van der Waals surface area contributed by atoms with Gasteiger partial charge in [0.1, 0.15) is 5.52 Å². The number of nitro groups is 1. The van der Waals surface area contributed by atoms with Crippen LogP contribution in [0, 0.1) is 10.1 Å². The van der Waals surface area contributed by atoms with Crippen molar-refractivity contribution in [2.24, 2.45) is 0 Å². The van der Waals surface area contributed by atoms with Crippen LogP contribution in [0.5, 0.6) is 0 Å². The first-order chi connectivity index (χ1) is 7.09. The second kappa shape index (κ2) is 3.05. The Morgan fingerprint density at radius 3 is 2.93 bits per heavy atom. The van der Waals surface area contributed by atoms with Crippen LogP contribution in [0.4, 0.5) is 5.82 Å². The maximum absolute atomic E-state index is 10.6. The van der Waals surface area contributed by atoms with E-state index in [-0.39, 0.29) is 16.9 Å². The number of carbonyl (C=O) groups is 1. The molecule has 0 saturated carbocycles. The SMILES string of the molecule is O=C(O)c1ccn2cnc([N+](=O)[O-])c2c1. The number of pyridine rings is 1. The van der Waals surface area contributed by atoms with Gasteiger partial charge in [-0.15, -0.1) is 0 Å². The van der Waals surface area contributed by atoms with E-state index < -0.39 is 10.9 Å². The average Bonchev–Trinajstić information content (AvgIpc) is 2.59. The molecule has 0 aromatic carbocycles. The van der Waals surface area contributed by atoms with Gasteiger partial charge in [0.25, 0.3) is 0 Å². The van der Waals surface area contributed by atoms with Crippen molar-refractivity contribution < 1.29 is 14.8 Å². The minimum atomic E-state index is -1.13. The standard InChI is InChI=1S/C8H5N3O4/c12-8(13)5-1-2-10-4-9-7(11(14)15)6(10)3-5/h1-4H,(H,12,13). The highest BCUT2D eigenvalue weighted by molar-refractivity contribution is 5.89. The molecule has 7 nitrogen and oxygen atoms in total. The summed E-state index contributed by atoms with van der Waals surface area (Å²) in [6.45, 7) is 0. The third kappa shape index (κ3) is 1.39. The van der Waals surface area contributed by atoms with Gasteiger partial charge in [0.15, 0.2) is 0 Å². The lowest BCUT2D eigenvalue weighted by Crippen LogP contribution is -1.97. The van der Waals surface area contributed by atoms with Crippen molar-refractivity contribution in [2.75, 3.05) is 0 Å². The Balaban J connectivity index is 2.72. The van der Waals surface area contributed by atoms with Crippen molar-refractivity contribution in [1.29, 1.82) is 0 Å². The number of carboxylic acids is 1. The van der Waals surface area contributed by atoms with Crippen LogP contribution in [0.15, 0.2) is 24.7 Å². The number of aromatic carboxylic acids is 1. The molecule has 2 aromatic rings. The molecule has 0 aliphatic heterocycles. The van der Waals surface area contributed by atoms with Gasteiger partial charge in [-0.25, -0.2) is 4.79 Å². The summed E-state index contributed by atoms with van der Waals surface area (Å²) in [6, 6.07) is 2.56. The Morgan fingerprint density at radius 2 is 2.33 bits per heavy atom. The highest BCUT2D eigenvalue weighted by Gasteiger charge is 2.16. The second-order valence-corrected chi connectivity index (χ2v) is 2.84. The number of nitrogens with zero attached hydrogens (tertiary/aromatic N) is 3. The molecular weight excluding hydrogens is 202 g/mol. The van der Waals surface area contributed by atoms with E-state index in [2.05, 4.69) is 4.98 Å². The van der Waals surface area contributed by atoms with Gasteiger partial charge in [0.05, 0.1) is 5.56 Å². The van der Waals surface area contributed by atoms with Gasteiger partial charge in [-0.05, 0) is 22.0 Å². The summed E-state index contributed by atoms with van der Waals surface area (Å²) in [6.07, 6.45) is 2.68. The number of rotatable bonds is 2. The van der Waals surface area contributed by atoms with Crippen LogP contribution in [0.25, 0.3) is 5.52 Å². The molecule has 0 spiro atoms. The van der Waals surface area contributed by atoms with Crippen molar-refractivity contribution in [3.05, 3.63) is 40.3 Å². The molecule has 0 aliphatic carbocycles. The number of hydrogen-bond acceptors (Lipinski definition) is 4. The van der Waals surface area contributed by atoms with Gasteiger partial charge in [-0.1, -0.05) is 0 Å². The van der Waals surface area contributed by atoms with E-state index in [1.54, 1.807) is 0 Å². The fourth-order valence-electron chi connectivity index (χ4n) is 1.25. The Morgan fingerprint density at radius 1 is 1.60 bits per heavy atom. The molecule has 7 heteroatoms. The van der Waals surface area contributed by atoms with Crippen molar-refractivity contribution in [1.82, 2.24) is 9.38 Å². The highest BCUT2D eigenvalue weighted by atomic mass is 16.6. The zero-order valence-electron chi connectivity index (χ0n) is 7.32. The second-order valence-electron chi connectivity index (χ2n) is 2.84. The van der Waals surface area contributed by atoms with Gasteiger partial charge < -0.3 is 15.2 Å². The lowest BCUT2D eigenvalue weighted by atomic mass is 10.2. The lowest BCUT2D eigenvalue weighted by molar-refractivity contribution is -0.387. The summed E-state index contributed by atoms with van der Waals surface area (Å²) in [5.74, 6) is -1.48. The molecule has 0 aliphatic rings. The first-order valence-corrected chi connectivity index (χ1v) is 3.94. The number of aromatic nitrogens is 2. The predicted molar refractivity (Wildman–Crippen MR) is 48.8 cm³/mol. The molecule has 0 amide bonds. The number of hydrogen-bond donors (Lipinski definition) is 1. The van der Waals surface area contributed by atoms with Crippen molar-refractivity contribution >= 4 is 17.3 Å². The topological polar surface area (TPSA) is 97.7 Å². The summed E-state index contributed by atoms with van der Waals surface area (Å²) >= 11 is 0. The van der Waals surface area contributed by atoms with E-state index in [9.17, 15) is 14.9 Å². The predicted octanol–water partition coefficient (Wildman–Crippen LogP) is 0.941. The summed E-state index contributed by atoms with van der Waals surface area (Å²) in [5.41, 5.74) is 0.158. The van der Waals surface area contributed by atoms with Gasteiger partial charge >= 0.3 is 11.8 Å². The summed E-state index contributed by atoms with van der Waals surface area (Å²) in [4.78, 5) is 24.1. The molecule has 2 heterocycles. The third-order valence-corrected chi connectivity index (χ3v) is 1.94. The minimum absolute atomic E-state index is 0.00824. The number of imidazole rings is 1. The normalized spacial score (nSPS) is 10.4. The third-order valence-electron chi connectivity index (χ3n) is 1.94. The zero-order chi connectivity index (χ0) is 11.0. The quantitative estimate of drug-likeness (QED) is 0.583. The van der Waals surface area contributed by atoms with Crippen LogP contribution in [0.3, 0.4) is 0 Å². The summed E-state index contributed by atoms with van der Waals surface area (Å²) in [5, 5.41) is 19.3. The summed E-state index contributed by atoms with van der Waals surface area (Å²) < 4.78 is 1.39. The van der Waals surface area contributed by atoms with E-state index in [1.165, 1.54) is 29.1 Å². The van der Waals surface area contributed by atoms with Crippen LogP contribution in [-0.4, -0.2) is 25.4 Å². The van der Waals surface area contributed by atoms with Crippen LogP contribution in [0.1, 0.15) is 10.4 Å². The minimum Gasteiger partial charge on any atom is -0.478 e. The molecular formula is C8H5N3O4. The van der Waals surface area contributed by atoms with E-state index in [0.717, 1.165) is 0 Å². The Kier molecular flexibility index (Phi) is 1.86. The smallest absolute Gasteiger partial charge is 0.389 e. The molecule has 15 heavy (non-hydrogen) atoms. The van der Waals surface area contributed by atoms with Crippen molar-refractivity contribution in [3.63, 3.8) is 0 Å². The van der Waals surface area contributed by atoms with Crippen LogP contribution in [0.2, 0.25) is 0 Å². The molecule has 0 fully saturated rings. The maximum Gasteiger partial charge on any atom is 0.389 e. The monoisotopic (exact) mass is 207 g/mol. The molecule has 76 valence electrons. The molecule has 0 bridgehead atoms. The average molecular weight is 207 g/mol. The molecule has 0 radical (unpaired) electrons. The van der Waals surface area contributed by atoms with Gasteiger partial charge in [-0.3, -0.25) is 4.40 Å². The molecule has 0 unspecified atom stereocenters. The van der Waals surface area contributed by atoms with Crippen molar-refractivity contribution in [2.45, 2.75) is 0 Å². The fraction of sp³-hybridized carbons (Fsp3) is 0. The molecule has 0 atom stereocenters. The molecule has 1 N–H and O–H groups in total. The van der Waals surface area contributed by atoms with E-state index in [4.69, 9.17) is 5.11 Å². The zero-order valence-corrected chi connectivity index (χ0v) is 7.32. The Hall–Kier alpha value is -2.44. The first kappa shape index (κ1) is 9.13. The van der Waals surface area contributed by atoms with E-state index in [1.807, 2.05) is 0 Å². The molecule has 2 aromatic heterocycles. The summed E-state index contributed by atoms with van der Waals surface area (Å²) in [7, 11) is 0. The van der Waals surface area contributed by atoms with Crippen LogP contribution in [-0.2, 0) is 0 Å². The molecule has 0 saturated heterocycles. The lowest BCUT2D eigenvalue weighted by Gasteiger charge is -1.95. The Labute approximate surface area is 82.7 Å². The Bertz CT molecular complexity index is 560.